The Labute approximate surface area is 235 Å². The summed E-state index contributed by atoms with van der Waals surface area (Å²) in [6, 6.07) is 27.4. The zero-order chi connectivity index (χ0) is 30.5. The lowest BCUT2D eigenvalue weighted by Crippen LogP contribution is -2.21. The van der Waals surface area contributed by atoms with Gasteiger partial charge in [-0.25, -0.2) is 9.78 Å². The molecule has 0 radical (unpaired) electrons. The van der Waals surface area contributed by atoms with Crippen LogP contribution in [0.3, 0.4) is 0 Å². The molecule has 0 aliphatic heterocycles. The summed E-state index contributed by atoms with van der Waals surface area (Å²) >= 11 is 0. The Morgan fingerprint density at radius 3 is 2.07 bits per heavy atom. The number of carboxylic acids is 1. The van der Waals surface area contributed by atoms with Gasteiger partial charge in [-0.1, -0.05) is 54.6 Å². The third-order valence-electron chi connectivity index (χ3n) is 6.08. The van der Waals surface area contributed by atoms with Gasteiger partial charge in [-0.2, -0.15) is 26.3 Å². The molecule has 6 nitrogen and oxygen atoms in total. The van der Waals surface area contributed by atoms with Gasteiger partial charge in [0.2, 0.25) is 0 Å². The van der Waals surface area contributed by atoms with E-state index < -0.39 is 23.9 Å². The molecule has 5 aromatic rings. The number of benzene rings is 4. The van der Waals surface area contributed by atoms with Crippen LogP contribution in [0.1, 0.15) is 16.7 Å². The zero-order valence-electron chi connectivity index (χ0n) is 21.7. The molecule has 0 aliphatic rings. The maximum absolute atomic E-state index is 13.0. The van der Waals surface area contributed by atoms with Gasteiger partial charge in [0.1, 0.15) is 5.82 Å². The van der Waals surface area contributed by atoms with Crippen molar-refractivity contribution in [3.05, 3.63) is 108 Å². The molecule has 218 valence electrons. The maximum Gasteiger partial charge on any atom is 0.490 e. The first-order valence-electron chi connectivity index (χ1n) is 12.4. The number of nitrogens with zero attached hydrogens (tertiary/aromatic N) is 1. The van der Waals surface area contributed by atoms with Crippen molar-refractivity contribution in [3.8, 4) is 22.5 Å². The average molecular weight is 587 g/mol. The summed E-state index contributed by atoms with van der Waals surface area (Å²) in [6.45, 7) is 1.46. The van der Waals surface area contributed by atoms with E-state index in [-0.39, 0.29) is 0 Å². The Balaban J connectivity index is 0.000000517. The predicted octanol–water partition coefficient (Wildman–Crippen LogP) is 7.42. The fourth-order valence-electron chi connectivity index (χ4n) is 4.04. The number of rotatable bonds is 6. The fraction of sp³-hybridized carbons (Fsp3) is 0.133. The number of carboxylic acid groups (broad SMARTS) is 1. The van der Waals surface area contributed by atoms with Crippen LogP contribution in [0.25, 0.3) is 33.5 Å². The van der Waals surface area contributed by atoms with Gasteiger partial charge in [0.15, 0.2) is 0 Å². The van der Waals surface area contributed by atoms with Gasteiger partial charge in [-0.15, -0.1) is 0 Å². The van der Waals surface area contributed by atoms with Gasteiger partial charge in [0, 0.05) is 24.3 Å². The van der Waals surface area contributed by atoms with Crippen molar-refractivity contribution in [2.75, 3.05) is 5.73 Å². The average Bonchev–Trinajstić information content (AvgIpc) is 3.37. The van der Waals surface area contributed by atoms with Crippen LogP contribution in [-0.4, -0.2) is 27.2 Å². The molecule has 12 heteroatoms. The quantitative estimate of drug-likeness (QED) is 0.122. The molecular formula is C30H24F6N4O2. The van der Waals surface area contributed by atoms with Gasteiger partial charge < -0.3 is 21.1 Å². The van der Waals surface area contributed by atoms with Crippen LogP contribution >= 0.6 is 0 Å². The second-order valence-electron chi connectivity index (χ2n) is 9.24. The van der Waals surface area contributed by atoms with Crippen LogP contribution in [-0.2, 0) is 24.1 Å². The smallest absolute Gasteiger partial charge is 0.475 e. The van der Waals surface area contributed by atoms with Crippen LogP contribution in [0.2, 0.25) is 0 Å². The monoisotopic (exact) mass is 586 g/mol. The summed E-state index contributed by atoms with van der Waals surface area (Å²) in [4.78, 5) is 16.4. The van der Waals surface area contributed by atoms with Crippen molar-refractivity contribution in [2.24, 2.45) is 0 Å². The van der Waals surface area contributed by atoms with Gasteiger partial charge in [-0.3, -0.25) is 0 Å². The highest BCUT2D eigenvalue weighted by molar-refractivity contribution is 5.81. The summed E-state index contributed by atoms with van der Waals surface area (Å²) in [5.74, 6) is -2.23. The maximum atomic E-state index is 13.0. The van der Waals surface area contributed by atoms with E-state index in [0.29, 0.717) is 16.9 Å². The number of hydrogen-bond acceptors (Lipinski definition) is 4. The molecule has 4 aromatic carbocycles. The van der Waals surface area contributed by atoms with E-state index in [1.54, 1.807) is 0 Å². The van der Waals surface area contributed by atoms with Gasteiger partial charge in [0.25, 0.3) is 0 Å². The molecule has 42 heavy (non-hydrogen) atoms. The first-order chi connectivity index (χ1) is 19.8. The van der Waals surface area contributed by atoms with Crippen molar-refractivity contribution in [3.63, 3.8) is 0 Å². The summed E-state index contributed by atoms with van der Waals surface area (Å²) < 4.78 is 70.8. The van der Waals surface area contributed by atoms with Crippen LogP contribution in [0.15, 0.2) is 91.0 Å². The minimum atomic E-state index is -5.08. The number of fused-ring (bicyclic) bond motifs is 1. The van der Waals surface area contributed by atoms with Crippen molar-refractivity contribution in [2.45, 2.75) is 25.4 Å². The highest BCUT2D eigenvalue weighted by Crippen LogP contribution is 2.32. The van der Waals surface area contributed by atoms with E-state index in [4.69, 9.17) is 15.6 Å². The Bertz CT molecular complexity index is 1680. The second kappa shape index (κ2) is 12.4. The number of nitrogen functional groups attached to an aromatic ring is 1. The van der Waals surface area contributed by atoms with Crippen molar-refractivity contribution >= 4 is 22.7 Å². The Morgan fingerprint density at radius 1 is 0.786 bits per heavy atom. The number of nitrogens with one attached hydrogen (secondary N) is 2. The Morgan fingerprint density at radius 2 is 1.43 bits per heavy atom. The number of aromatic amines is 1. The van der Waals surface area contributed by atoms with Gasteiger partial charge in [-0.05, 0) is 58.7 Å². The van der Waals surface area contributed by atoms with E-state index in [1.807, 2.05) is 48.5 Å². The third-order valence-corrected chi connectivity index (χ3v) is 6.08. The minimum absolute atomic E-state index is 0.357. The Kier molecular flexibility index (Phi) is 8.86. The topological polar surface area (TPSA) is 104 Å². The van der Waals surface area contributed by atoms with E-state index in [9.17, 15) is 26.3 Å². The standard InChI is InChI=1S/C28H23F3N4.C2HF3O2/c29-28(30,31)23-11-12-25-26(15-23)35-27(34-25)22-5-2-4-21(14-22)20-9-7-18(8-10-20)16-33-17-19-3-1-6-24(32)13-19;3-2(4,5)1(6)7/h1-15,33H,16-17,32H2,(H,34,35);(H,6,7). The molecule has 5 N–H and O–H groups in total. The molecule has 0 saturated carbocycles. The number of H-pyrrole nitrogens is 1. The molecular weight excluding hydrogens is 562 g/mol. The van der Waals surface area contributed by atoms with E-state index in [1.165, 1.54) is 6.07 Å². The van der Waals surface area contributed by atoms with Crippen molar-refractivity contribution in [1.29, 1.82) is 0 Å². The SMILES string of the molecule is Nc1cccc(CNCc2ccc(-c3cccc(-c4nc5ccc(C(F)(F)F)cc5[nH]4)c3)cc2)c1.O=C(O)C(F)(F)F. The molecule has 0 saturated heterocycles. The Hall–Kier alpha value is -4.84. The minimum Gasteiger partial charge on any atom is -0.475 e. The van der Waals surface area contributed by atoms with Crippen LogP contribution in [0, 0.1) is 0 Å². The summed E-state index contributed by atoms with van der Waals surface area (Å²) in [7, 11) is 0. The number of imidazole rings is 1. The first-order valence-corrected chi connectivity index (χ1v) is 12.4. The fourth-order valence-corrected chi connectivity index (χ4v) is 4.04. The predicted molar refractivity (Wildman–Crippen MR) is 147 cm³/mol. The number of carbonyl (C=O) groups is 1. The number of anilines is 1. The van der Waals surface area contributed by atoms with Crippen molar-refractivity contribution in [1.82, 2.24) is 15.3 Å². The lowest BCUT2D eigenvalue weighted by atomic mass is 10.0. The molecule has 5 rings (SSSR count). The largest absolute Gasteiger partial charge is 0.490 e. The van der Waals surface area contributed by atoms with Crippen LogP contribution in [0.4, 0.5) is 32.0 Å². The molecule has 0 fully saturated rings. The molecule has 1 heterocycles. The molecule has 1 aromatic heterocycles. The number of nitrogens with two attached hydrogens (primary N) is 1. The molecule has 0 aliphatic carbocycles. The van der Waals surface area contributed by atoms with Crippen molar-refractivity contribution < 1.29 is 36.2 Å². The third kappa shape index (κ3) is 7.88. The van der Waals surface area contributed by atoms with Crippen LogP contribution in [0.5, 0.6) is 0 Å². The van der Waals surface area contributed by atoms with Gasteiger partial charge >= 0.3 is 18.3 Å². The van der Waals surface area contributed by atoms with E-state index >= 15 is 0 Å². The summed E-state index contributed by atoms with van der Waals surface area (Å²) in [5, 5.41) is 10.5. The zero-order valence-corrected chi connectivity index (χ0v) is 21.7. The van der Waals surface area contributed by atoms with Gasteiger partial charge in [0.05, 0.1) is 16.6 Å². The van der Waals surface area contributed by atoms with E-state index in [0.717, 1.165) is 58.7 Å². The normalized spacial score (nSPS) is 11.7. The molecule has 0 bridgehead atoms. The highest BCUT2D eigenvalue weighted by atomic mass is 19.4. The van der Waals surface area contributed by atoms with Crippen LogP contribution < -0.4 is 11.1 Å². The highest BCUT2D eigenvalue weighted by Gasteiger charge is 2.38. The first kappa shape index (κ1) is 30.1. The number of aromatic nitrogens is 2. The molecule has 0 spiro atoms. The number of hydrogen-bond donors (Lipinski definition) is 4. The number of alkyl halides is 6. The molecule has 0 atom stereocenters. The lowest BCUT2D eigenvalue weighted by molar-refractivity contribution is -0.192. The number of aliphatic carboxylic acids is 1. The summed E-state index contributed by atoms with van der Waals surface area (Å²) in [6.07, 6.45) is -9.48. The number of halogens is 6. The molecule has 0 amide bonds. The molecule has 0 unspecified atom stereocenters. The summed E-state index contributed by atoms with van der Waals surface area (Å²) in [5.41, 5.74) is 11.9. The second-order valence-corrected chi connectivity index (χ2v) is 9.24. The van der Waals surface area contributed by atoms with E-state index in [2.05, 4.69) is 39.6 Å². The lowest BCUT2D eigenvalue weighted by Gasteiger charge is -2.08.